The Labute approximate surface area is 136 Å². The number of hydrogen-bond acceptors (Lipinski definition) is 4. The van der Waals surface area contributed by atoms with Gasteiger partial charge in [-0.3, -0.25) is 4.79 Å². The Hall–Kier alpha value is -2.08. The van der Waals surface area contributed by atoms with Crippen LogP contribution in [0.2, 0.25) is 0 Å². The van der Waals surface area contributed by atoms with Crippen molar-refractivity contribution in [2.24, 2.45) is 5.92 Å². The second-order valence-electron chi connectivity index (χ2n) is 5.85. The molecule has 1 fully saturated rings. The Bertz CT molecular complexity index is 683. The Morgan fingerprint density at radius 2 is 2.35 bits per heavy atom. The fraction of sp³-hybridized carbons (Fsp3) is 0.529. The normalized spacial score (nSPS) is 18.3. The van der Waals surface area contributed by atoms with Gasteiger partial charge in [0.15, 0.2) is 0 Å². The molecule has 2 aromatic rings. The SMILES string of the molecule is CCOC[C@H]1CCCN(C(=O)c2cnn3cccc(OC)c23)C1. The summed E-state index contributed by atoms with van der Waals surface area (Å²) in [5, 5.41) is 4.28. The van der Waals surface area contributed by atoms with Crippen LogP contribution in [0.3, 0.4) is 0 Å². The van der Waals surface area contributed by atoms with Crippen molar-refractivity contribution in [3.8, 4) is 5.75 Å². The minimum Gasteiger partial charge on any atom is -0.494 e. The number of amides is 1. The van der Waals surface area contributed by atoms with E-state index in [9.17, 15) is 4.79 Å². The molecule has 124 valence electrons. The predicted octanol–water partition coefficient (Wildman–Crippen LogP) is 2.23. The third-order valence-corrected chi connectivity index (χ3v) is 4.32. The molecule has 1 aliphatic heterocycles. The van der Waals surface area contributed by atoms with Gasteiger partial charge in [-0.2, -0.15) is 5.10 Å². The van der Waals surface area contributed by atoms with Crippen LogP contribution in [0.5, 0.6) is 5.75 Å². The first-order chi connectivity index (χ1) is 11.2. The number of pyridine rings is 1. The first-order valence-corrected chi connectivity index (χ1v) is 8.12. The number of nitrogens with zero attached hydrogens (tertiary/aromatic N) is 3. The van der Waals surface area contributed by atoms with Crippen molar-refractivity contribution in [2.45, 2.75) is 19.8 Å². The van der Waals surface area contributed by atoms with Crippen LogP contribution in [0.25, 0.3) is 5.52 Å². The van der Waals surface area contributed by atoms with Gasteiger partial charge in [0, 0.05) is 25.9 Å². The predicted molar refractivity (Wildman–Crippen MR) is 86.9 cm³/mol. The molecule has 23 heavy (non-hydrogen) atoms. The number of carbonyl (C=O) groups is 1. The van der Waals surface area contributed by atoms with Crippen molar-refractivity contribution in [1.82, 2.24) is 14.5 Å². The molecule has 0 unspecified atom stereocenters. The number of methoxy groups -OCH3 is 1. The number of fused-ring (bicyclic) bond motifs is 1. The van der Waals surface area contributed by atoms with Gasteiger partial charge in [0.2, 0.25) is 0 Å². The van der Waals surface area contributed by atoms with Gasteiger partial charge < -0.3 is 14.4 Å². The topological polar surface area (TPSA) is 56.1 Å². The highest BCUT2D eigenvalue weighted by atomic mass is 16.5. The van der Waals surface area contributed by atoms with Crippen molar-refractivity contribution in [3.05, 3.63) is 30.1 Å². The van der Waals surface area contributed by atoms with Crippen molar-refractivity contribution in [2.75, 3.05) is 33.4 Å². The van der Waals surface area contributed by atoms with Crippen LogP contribution in [0.1, 0.15) is 30.1 Å². The molecular weight excluding hydrogens is 294 g/mol. The molecule has 6 nitrogen and oxygen atoms in total. The molecule has 1 atom stereocenters. The summed E-state index contributed by atoms with van der Waals surface area (Å²) in [6.45, 7) is 4.96. The lowest BCUT2D eigenvalue weighted by molar-refractivity contribution is 0.0502. The van der Waals surface area contributed by atoms with E-state index in [0.717, 1.165) is 44.7 Å². The van der Waals surface area contributed by atoms with E-state index >= 15 is 0 Å². The third kappa shape index (κ3) is 3.17. The van der Waals surface area contributed by atoms with Crippen LogP contribution in [-0.2, 0) is 4.74 Å². The number of likely N-dealkylation sites (tertiary alicyclic amines) is 1. The highest BCUT2D eigenvalue weighted by Gasteiger charge is 2.27. The summed E-state index contributed by atoms with van der Waals surface area (Å²) in [6, 6.07) is 3.70. The molecular formula is C17H23N3O3. The maximum atomic E-state index is 12.9. The van der Waals surface area contributed by atoms with Gasteiger partial charge in [0.05, 0.1) is 25.5 Å². The van der Waals surface area contributed by atoms with Crippen molar-refractivity contribution in [3.63, 3.8) is 0 Å². The second kappa shape index (κ2) is 7.00. The van der Waals surface area contributed by atoms with Crippen LogP contribution in [0.4, 0.5) is 0 Å². The smallest absolute Gasteiger partial charge is 0.257 e. The summed E-state index contributed by atoms with van der Waals surface area (Å²) in [7, 11) is 1.61. The van der Waals surface area contributed by atoms with Crippen LogP contribution in [-0.4, -0.2) is 53.8 Å². The summed E-state index contributed by atoms with van der Waals surface area (Å²) < 4.78 is 12.6. The van der Waals surface area contributed by atoms with E-state index < -0.39 is 0 Å². The molecule has 2 aromatic heterocycles. The minimum absolute atomic E-state index is 0.0192. The molecule has 0 saturated carbocycles. The molecule has 0 radical (unpaired) electrons. The zero-order valence-electron chi connectivity index (χ0n) is 13.7. The molecule has 0 spiro atoms. The highest BCUT2D eigenvalue weighted by molar-refractivity contribution is 6.02. The number of rotatable bonds is 5. The zero-order valence-corrected chi connectivity index (χ0v) is 13.7. The Kier molecular flexibility index (Phi) is 4.81. The van der Waals surface area contributed by atoms with E-state index in [0.29, 0.717) is 17.2 Å². The van der Waals surface area contributed by atoms with Gasteiger partial charge in [-0.1, -0.05) is 0 Å². The van der Waals surface area contributed by atoms with Gasteiger partial charge in [-0.05, 0) is 37.8 Å². The largest absolute Gasteiger partial charge is 0.494 e. The summed E-state index contributed by atoms with van der Waals surface area (Å²) >= 11 is 0. The Balaban J connectivity index is 1.83. The molecule has 3 rings (SSSR count). The second-order valence-corrected chi connectivity index (χ2v) is 5.85. The molecule has 0 bridgehead atoms. The first-order valence-electron chi connectivity index (χ1n) is 8.12. The van der Waals surface area contributed by atoms with Gasteiger partial charge in [-0.15, -0.1) is 0 Å². The summed E-state index contributed by atoms with van der Waals surface area (Å²) in [4.78, 5) is 14.9. The number of ether oxygens (including phenoxy) is 2. The average Bonchev–Trinajstić information content (AvgIpc) is 3.03. The molecule has 1 amide bonds. The van der Waals surface area contributed by atoms with Crippen molar-refractivity contribution in [1.29, 1.82) is 0 Å². The lowest BCUT2D eigenvalue weighted by atomic mass is 9.98. The van der Waals surface area contributed by atoms with Crippen molar-refractivity contribution < 1.29 is 14.3 Å². The maximum absolute atomic E-state index is 12.9. The van der Waals surface area contributed by atoms with Crippen molar-refractivity contribution >= 4 is 11.4 Å². The molecule has 0 aliphatic carbocycles. The molecule has 3 heterocycles. The number of piperidine rings is 1. The van der Waals surface area contributed by atoms with Crippen LogP contribution < -0.4 is 4.74 Å². The van der Waals surface area contributed by atoms with E-state index in [1.807, 2.05) is 30.2 Å². The van der Waals surface area contributed by atoms with Gasteiger partial charge in [0.25, 0.3) is 5.91 Å². The van der Waals surface area contributed by atoms with E-state index in [2.05, 4.69) is 5.10 Å². The number of carbonyl (C=O) groups excluding carboxylic acids is 1. The lowest BCUT2D eigenvalue weighted by Gasteiger charge is -2.32. The highest BCUT2D eigenvalue weighted by Crippen LogP contribution is 2.26. The standard InChI is InChI=1S/C17H23N3O3/c1-3-23-12-13-6-4-8-19(11-13)17(21)14-10-18-20-9-5-7-15(22-2)16(14)20/h5,7,9-10,13H,3-4,6,8,11-12H2,1-2H3/t13-/m0/s1. The number of aromatic nitrogens is 2. The fourth-order valence-electron chi connectivity index (χ4n) is 3.17. The molecule has 1 aliphatic rings. The Morgan fingerprint density at radius 1 is 1.48 bits per heavy atom. The minimum atomic E-state index is 0.0192. The quantitative estimate of drug-likeness (QED) is 0.848. The third-order valence-electron chi connectivity index (χ3n) is 4.32. The fourth-order valence-corrected chi connectivity index (χ4v) is 3.17. The van der Waals surface area contributed by atoms with E-state index in [1.54, 1.807) is 17.8 Å². The average molecular weight is 317 g/mol. The molecule has 1 saturated heterocycles. The zero-order chi connectivity index (χ0) is 16.2. The van der Waals surface area contributed by atoms with Crippen LogP contribution in [0.15, 0.2) is 24.5 Å². The molecule has 6 heteroatoms. The first kappa shape index (κ1) is 15.8. The lowest BCUT2D eigenvalue weighted by Crippen LogP contribution is -2.41. The molecule has 0 aromatic carbocycles. The van der Waals surface area contributed by atoms with E-state index in [1.165, 1.54) is 0 Å². The van der Waals surface area contributed by atoms with Crippen LogP contribution >= 0.6 is 0 Å². The summed E-state index contributed by atoms with van der Waals surface area (Å²) in [6.07, 6.45) is 5.58. The van der Waals surface area contributed by atoms with E-state index in [4.69, 9.17) is 9.47 Å². The van der Waals surface area contributed by atoms with Crippen LogP contribution in [0, 0.1) is 5.92 Å². The van der Waals surface area contributed by atoms with Gasteiger partial charge in [-0.25, -0.2) is 4.52 Å². The van der Waals surface area contributed by atoms with E-state index in [-0.39, 0.29) is 5.91 Å². The monoisotopic (exact) mass is 317 g/mol. The van der Waals surface area contributed by atoms with Gasteiger partial charge >= 0.3 is 0 Å². The molecule has 0 N–H and O–H groups in total. The summed E-state index contributed by atoms with van der Waals surface area (Å²) in [5.74, 6) is 1.10. The van der Waals surface area contributed by atoms with Gasteiger partial charge in [0.1, 0.15) is 11.3 Å². The Morgan fingerprint density at radius 3 is 3.13 bits per heavy atom. The summed E-state index contributed by atoms with van der Waals surface area (Å²) in [5.41, 5.74) is 1.33. The number of hydrogen-bond donors (Lipinski definition) is 0. The maximum Gasteiger partial charge on any atom is 0.257 e.